The Morgan fingerprint density at radius 1 is 0.469 bits per heavy atom. The molecule has 7 aromatic carbocycles. The predicted octanol–water partition coefficient (Wildman–Crippen LogP) is 12.7. The van der Waals surface area contributed by atoms with Gasteiger partial charge in [-0.3, -0.25) is 4.57 Å². The summed E-state index contributed by atoms with van der Waals surface area (Å²) in [4.78, 5) is 5.41. The summed E-state index contributed by atoms with van der Waals surface area (Å²) >= 11 is 1.84. The molecule has 0 fully saturated rings. The minimum absolute atomic E-state index is 0.188. The maximum Gasteiger partial charge on any atom is 0.174 e. The van der Waals surface area contributed by atoms with Crippen molar-refractivity contribution in [3.63, 3.8) is 0 Å². The van der Waals surface area contributed by atoms with Gasteiger partial charge in [-0.25, -0.2) is 4.98 Å². The Hall–Kier alpha value is -5.64. The summed E-state index contributed by atoms with van der Waals surface area (Å²) in [6.07, 6.45) is 0. The van der Waals surface area contributed by atoms with Crippen LogP contribution in [-0.2, 0) is 4.75 Å². The standard InChI is InChI=1S/C46H34N2S/c1-46(2)41-24-14-23-40(44(41)48-43(34-20-10-5-11-21-34)42(47-45(48)49-46)33-18-8-4-9-19-33)39-29-37(31-15-6-3-7-16-31)28-38(30-39)36-26-25-32-17-12-13-22-35(32)27-36/h3-30H,1-2H3. The average molecular weight is 647 g/mol. The lowest BCUT2D eigenvalue weighted by Gasteiger charge is -2.34. The lowest BCUT2D eigenvalue weighted by molar-refractivity contribution is 0.725. The molecule has 0 bridgehead atoms. The normalized spacial score (nSPS) is 13.2. The smallest absolute Gasteiger partial charge is 0.174 e. The van der Waals surface area contributed by atoms with Crippen molar-refractivity contribution in [2.45, 2.75) is 23.8 Å². The monoisotopic (exact) mass is 646 g/mol. The molecular weight excluding hydrogens is 613 g/mol. The van der Waals surface area contributed by atoms with Gasteiger partial charge in [0.1, 0.15) is 0 Å². The Kier molecular flexibility index (Phi) is 7.10. The Labute approximate surface area is 291 Å². The molecule has 8 aromatic rings. The first-order valence-corrected chi connectivity index (χ1v) is 17.6. The van der Waals surface area contributed by atoms with Crippen LogP contribution < -0.4 is 0 Å². The van der Waals surface area contributed by atoms with Crippen molar-refractivity contribution >= 4 is 22.5 Å². The summed E-state index contributed by atoms with van der Waals surface area (Å²) in [5.74, 6) is 0. The quantitative estimate of drug-likeness (QED) is 0.185. The number of thioether (sulfide) groups is 1. The summed E-state index contributed by atoms with van der Waals surface area (Å²) in [5, 5.41) is 3.50. The van der Waals surface area contributed by atoms with E-state index in [4.69, 9.17) is 4.98 Å². The highest BCUT2D eigenvalue weighted by Gasteiger charge is 2.37. The minimum atomic E-state index is -0.188. The molecule has 2 nitrogen and oxygen atoms in total. The fourth-order valence-corrected chi connectivity index (χ4v) is 8.38. The van der Waals surface area contributed by atoms with E-state index in [1.807, 2.05) is 11.8 Å². The number of nitrogens with zero attached hydrogens (tertiary/aromatic N) is 2. The van der Waals surface area contributed by atoms with Gasteiger partial charge in [0.05, 0.1) is 17.1 Å². The molecule has 0 saturated carbocycles. The van der Waals surface area contributed by atoms with Gasteiger partial charge in [-0.15, -0.1) is 0 Å². The van der Waals surface area contributed by atoms with Crippen LogP contribution >= 0.6 is 11.8 Å². The van der Waals surface area contributed by atoms with Crippen molar-refractivity contribution in [1.82, 2.24) is 9.55 Å². The topological polar surface area (TPSA) is 17.8 Å². The fraction of sp³-hybridized carbons (Fsp3) is 0.0652. The average Bonchev–Trinajstić information content (AvgIpc) is 3.54. The summed E-state index contributed by atoms with van der Waals surface area (Å²) < 4.78 is 2.25. The molecule has 2 heterocycles. The summed E-state index contributed by atoms with van der Waals surface area (Å²) in [6, 6.07) is 61.4. The third-order valence-electron chi connectivity index (χ3n) is 9.63. The zero-order valence-corrected chi connectivity index (χ0v) is 28.3. The molecule has 0 amide bonds. The first-order chi connectivity index (χ1) is 24.0. The van der Waals surface area contributed by atoms with E-state index >= 15 is 0 Å². The minimum Gasteiger partial charge on any atom is -0.286 e. The number of hydrogen-bond acceptors (Lipinski definition) is 2. The molecule has 0 aliphatic carbocycles. The Balaban J connectivity index is 1.34. The van der Waals surface area contributed by atoms with Gasteiger partial charge in [-0.05, 0) is 82.3 Å². The van der Waals surface area contributed by atoms with Crippen molar-refractivity contribution in [3.8, 4) is 61.6 Å². The molecule has 49 heavy (non-hydrogen) atoms. The van der Waals surface area contributed by atoms with Crippen molar-refractivity contribution in [2.75, 3.05) is 0 Å². The summed E-state index contributed by atoms with van der Waals surface area (Å²) in [7, 11) is 0. The van der Waals surface area contributed by atoms with Crippen LogP contribution in [0.15, 0.2) is 175 Å². The van der Waals surface area contributed by atoms with Gasteiger partial charge in [0.2, 0.25) is 0 Å². The maximum absolute atomic E-state index is 5.41. The van der Waals surface area contributed by atoms with Crippen molar-refractivity contribution in [1.29, 1.82) is 0 Å². The third kappa shape index (κ3) is 5.18. The second kappa shape index (κ2) is 11.8. The van der Waals surface area contributed by atoms with Crippen LogP contribution in [0.4, 0.5) is 0 Å². The SMILES string of the molecule is CC1(C)Sc2nc(-c3ccccc3)c(-c3ccccc3)n2-c2c(-c3cc(-c4ccccc4)cc(-c4ccc5ccccc5c4)c3)cccc21. The maximum atomic E-state index is 5.41. The molecular formula is C46H34N2S. The van der Waals surface area contributed by atoms with Gasteiger partial charge >= 0.3 is 0 Å². The number of para-hydroxylation sites is 1. The van der Waals surface area contributed by atoms with Crippen molar-refractivity contribution < 1.29 is 0 Å². The molecule has 0 unspecified atom stereocenters. The zero-order valence-electron chi connectivity index (χ0n) is 27.5. The van der Waals surface area contributed by atoms with Crippen LogP contribution in [0.25, 0.3) is 72.4 Å². The molecule has 1 aliphatic rings. The predicted molar refractivity (Wildman–Crippen MR) is 207 cm³/mol. The van der Waals surface area contributed by atoms with Gasteiger partial charge in [-0.1, -0.05) is 157 Å². The van der Waals surface area contributed by atoms with E-state index < -0.39 is 0 Å². The number of aromatic nitrogens is 2. The summed E-state index contributed by atoms with van der Waals surface area (Å²) in [6.45, 7) is 4.65. The Morgan fingerprint density at radius 2 is 1.06 bits per heavy atom. The largest absolute Gasteiger partial charge is 0.286 e. The molecule has 0 atom stereocenters. The second-order valence-electron chi connectivity index (χ2n) is 13.2. The second-order valence-corrected chi connectivity index (χ2v) is 14.8. The molecule has 0 saturated heterocycles. The van der Waals surface area contributed by atoms with Crippen molar-refractivity contribution in [2.24, 2.45) is 0 Å². The van der Waals surface area contributed by atoms with Crippen LogP contribution in [0.1, 0.15) is 19.4 Å². The van der Waals surface area contributed by atoms with Crippen LogP contribution in [0.5, 0.6) is 0 Å². The Morgan fingerprint density at radius 3 is 1.78 bits per heavy atom. The fourth-order valence-electron chi connectivity index (χ4n) is 7.24. The third-order valence-corrected chi connectivity index (χ3v) is 10.8. The molecule has 0 N–H and O–H groups in total. The number of benzene rings is 7. The van der Waals surface area contributed by atoms with E-state index in [9.17, 15) is 0 Å². The van der Waals surface area contributed by atoms with Gasteiger partial charge in [0, 0.05) is 21.4 Å². The van der Waals surface area contributed by atoms with Gasteiger partial charge in [0.25, 0.3) is 0 Å². The number of rotatable bonds is 5. The lowest BCUT2D eigenvalue weighted by Crippen LogP contribution is -2.22. The van der Waals surface area contributed by atoms with E-state index in [1.165, 1.54) is 55.4 Å². The Bertz CT molecular complexity index is 2480. The molecule has 3 heteroatoms. The first-order valence-electron chi connectivity index (χ1n) is 16.8. The molecule has 0 radical (unpaired) electrons. The van der Waals surface area contributed by atoms with Crippen LogP contribution in [-0.4, -0.2) is 9.55 Å². The highest BCUT2D eigenvalue weighted by atomic mass is 32.2. The van der Waals surface area contributed by atoms with Crippen LogP contribution in [0.2, 0.25) is 0 Å². The van der Waals surface area contributed by atoms with Gasteiger partial charge in [0.15, 0.2) is 5.16 Å². The zero-order chi connectivity index (χ0) is 33.0. The molecule has 9 rings (SSSR count). The molecule has 1 aliphatic heterocycles. The number of fused-ring (bicyclic) bond motifs is 4. The van der Waals surface area contributed by atoms with Crippen LogP contribution in [0.3, 0.4) is 0 Å². The molecule has 1 aromatic heterocycles. The number of imidazole rings is 1. The first kappa shape index (κ1) is 29.5. The van der Waals surface area contributed by atoms with Gasteiger partial charge < -0.3 is 0 Å². The number of hydrogen-bond donors (Lipinski definition) is 0. The van der Waals surface area contributed by atoms with Gasteiger partial charge in [-0.2, -0.15) is 0 Å². The summed E-state index contributed by atoms with van der Waals surface area (Å²) in [5.41, 5.74) is 14.1. The van der Waals surface area contributed by atoms with Crippen molar-refractivity contribution in [3.05, 3.63) is 175 Å². The van der Waals surface area contributed by atoms with E-state index in [0.717, 1.165) is 27.7 Å². The van der Waals surface area contributed by atoms with Crippen LogP contribution in [0, 0.1) is 0 Å². The molecule has 0 spiro atoms. The highest BCUT2D eigenvalue weighted by molar-refractivity contribution is 8.00. The molecule has 234 valence electrons. The van der Waals surface area contributed by atoms with E-state index in [2.05, 4.69) is 188 Å². The highest BCUT2D eigenvalue weighted by Crippen LogP contribution is 2.53. The van der Waals surface area contributed by atoms with E-state index in [0.29, 0.717) is 0 Å². The van der Waals surface area contributed by atoms with E-state index in [1.54, 1.807) is 0 Å². The lowest BCUT2D eigenvalue weighted by atomic mass is 9.89. The van der Waals surface area contributed by atoms with E-state index in [-0.39, 0.29) is 4.75 Å².